The average Bonchev–Trinajstić information content (AvgIpc) is 2.70. The van der Waals surface area contributed by atoms with Crippen molar-refractivity contribution < 1.29 is 8.78 Å². The Morgan fingerprint density at radius 1 is 1.05 bits per heavy atom. The van der Waals surface area contributed by atoms with Crippen LogP contribution in [0.1, 0.15) is 5.56 Å². The van der Waals surface area contributed by atoms with Crippen LogP contribution >= 0.6 is 11.7 Å². The molecular formula is C12H18F2N2SSi2. The van der Waals surface area contributed by atoms with Crippen LogP contribution in [-0.2, 0) is 6.04 Å². The van der Waals surface area contributed by atoms with Crippen molar-refractivity contribution in [1.29, 1.82) is 0 Å². The number of hydrogen-bond donors (Lipinski definition) is 0. The molecular weight excluding hydrogens is 298 g/mol. The Kier molecular flexibility index (Phi) is 3.90. The van der Waals surface area contributed by atoms with Crippen molar-refractivity contribution in [2.75, 3.05) is 0 Å². The zero-order valence-corrected chi connectivity index (χ0v) is 14.8. The fourth-order valence-electron chi connectivity index (χ4n) is 2.28. The second-order valence-corrected chi connectivity index (χ2v) is 15.0. The molecule has 0 amide bonds. The molecule has 0 unspecified atom stereocenters. The fourth-order valence-corrected chi connectivity index (χ4v) is 5.78. The van der Waals surface area contributed by atoms with E-state index in [9.17, 15) is 8.78 Å². The van der Waals surface area contributed by atoms with E-state index in [1.54, 1.807) is 0 Å². The molecule has 2 rings (SSSR count). The Morgan fingerprint density at radius 2 is 1.63 bits per heavy atom. The smallest absolute Gasteiger partial charge is 0.163 e. The summed E-state index contributed by atoms with van der Waals surface area (Å²) in [6.45, 7) is 10.2. The minimum absolute atomic E-state index is 0.435. The first-order valence-electron chi connectivity index (χ1n) is 6.36. The highest BCUT2D eigenvalue weighted by molar-refractivity contribution is 7.00. The molecule has 0 aliphatic rings. The molecule has 1 heterocycles. The summed E-state index contributed by atoms with van der Waals surface area (Å²) >= 11 is 1.05. The summed E-state index contributed by atoms with van der Waals surface area (Å²) in [5.74, 6) is -1.39. The van der Waals surface area contributed by atoms with Gasteiger partial charge in [0, 0.05) is 19.5 Å². The third-order valence-corrected chi connectivity index (χ3v) is 6.76. The van der Waals surface area contributed by atoms with E-state index in [0.717, 1.165) is 11.7 Å². The molecule has 0 saturated carbocycles. The summed E-state index contributed by atoms with van der Waals surface area (Å²) in [7, 11) is -3.04. The molecule has 0 fully saturated rings. The monoisotopic (exact) mass is 316 g/mol. The molecule has 2 aromatic rings. The molecule has 104 valence electrons. The minimum atomic E-state index is -2.00. The Hall–Kier alpha value is -0.666. The molecule has 0 atom stereocenters. The highest BCUT2D eigenvalue weighted by Crippen LogP contribution is 2.25. The summed E-state index contributed by atoms with van der Waals surface area (Å²) in [5.41, 5.74) is 1.61. The van der Waals surface area contributed by atoms with Crippen molar-refractivity contribution in [2.24, 2.45) is 0 Å². The van der Waals surface area contributed by atoms with Gasteiger partial charge >= 0.3 is 0 Å². The molecule has 2 nitrogen and oxygen atoms in total. The molecule has 0 saturated heterocycles. The second-order valence-electron chi connectivity index (χ2n) is 6.29. The van der Waals surface area contributed by atoms with Crippen molar-refractivity contribution in [3.63, 3.8) is 0 Å². The van der Waals surface area contributed by atoms with E-state index in [0.29, 0.717) is 27.8 Å². The Morgan fingerprint density at radius 3 is 2.16 bits per heavy atom. The van der Waals surface area contributed by atoms with Gasteiger partial charge in [0.05, 0.1) is 19.8 Å². The van der Waals surface area contributed by atoms with E-state index in [-0.39, 0.29) is 0 Å². The van der Waals surface area contributed by atoms with Crippen molar-refractivity contribution in [3.8, 4) is 0 Å². The average molecular weight is 317 g/mol. The van der Waals surface area contributed by atoms with Crippen LogP contribution in [0.25, 0.3) is 11.0 Å². The first-order chi connectivity index (χ1) is 8.73. The minimum Gasteiger partial charge on any atom is -0.204 e. The van der Waals surface area contributed by atoms with Gasteiger partial charge in [-0.3, -0.25) is 0 Å². The lowest BCUT2D eigenvalue weighted by Crippen LogP contribution is -2.41. The predicted molar refractivity (Wildman–Crippen MR) is 82.9 cm³/mol. The summed E-state index contributed by atoms with van der Waals surface area (Å²) < 4.78 is 37.2. The quantitative estimate of drug-likeness (QED) is 0.813. The summed E-state index contributed by atoms with van der Waals surface area (Å²) in [6, 6.07) is 0.622. The molecule has 0 bridgehead atoms. The largest absolute Gasteiger partial charge is 0.204 e. The Bertz CT molecular complexity index is 620. The maximum atomic E-state index is 14.4. The molecule has 1 aromatic heterocycles. The summed E-state index contributed by atoms with van der Waals surface area (Å²) in [5, 5.41) is 0.475. The van der Waals surface area contributed by atoms with Gasteiger partial charge in [0.1, 0.15) is 11.0 Å². The maximum Gasteiger partial charge on any atom is 0.163 e. The lowest BCUT2D eigenvalue weighted by molar-refractivity contribution is 0.509. The van der Waals surface area contributed by atoms with Crippen LogP contribution in [0.4, 0.5) is 8.78 Å². The Balaban J connectivity index is 2.82. The highest BCUT2D eigenvalue weighted by Gasteiger charge is 2.30. The predicted octanol–water partition coefficient (Wildman–Crippen LogP) is 3.08. The molecule has 7 heteroatoms. The van der Waals surface area contributed by atoms with Crippen LogP contribution < -0.4 is 5.19 Å². The van der Waals surface area contributed by atoms with E-state index < -0.39 is 28.5 Å². The van der Waals surface area contributed by atoms with Crippen LogP contribution in [0.5, 0.6) is 0 Å². The van der Waals surface area contributed by atoms with Crippen LogP contribution in [0, 0.1) is 11.6 Å². The van der Waals surface area contributed by atoms with Gasteiger partial charge in [-0.15, -0.1) is 0 Å². The number of aromatic nitrogens is 2. The van der Waals surface area contributed by atoms with Gasteiger partial charge < -0.3 is 0 Å². The van der Waals surface area contributed by atoms with Crippen LogP contribution in [0.15, 0.2) is 0 Å². The molecule has 0 radical (unpaired) electrons. The third-order valence-electron chi connectivity index (χ3n) is 3.05. The van der Waals surface area contributed by atoms with E-state index >= 15 is 0 Å². The topological polar surface area (TPSA) is 25.8 Å². The molecule has 0 aliphatic heterocycles. The summed E-state index contributed by atoms with van der Waals surface area (Å²) in [4.78, 5) is 0. The maximum absolute atomic E-state index is 14.4. The second kappa shape index (κ2) is 5.03. The first-order valence-corrected chi connectivity index (χ1v) is 13.7. The number of rotatable bonds is 3. The normalized spacial score (nSPS) is 12.6. The number of halogens is 2. The van der Waals surface area contributed by atoms with E-state index in [2.05, 4.69) is 21.8 Å². The molecule has 0 aliphatic carbocycles. The van der Waals surface area contributed by atoms with Gasteiger partial charge in [-0.25, -0.2) is 8.78 Å². The third kappa shape index (κ3) is 2.63. The number of nitrogens with zero attached hydrogens (tertiary/aromatic N) is 2. The van der Waals surface area contributed by atoms with Gasteiger partial charge in [-0.2, -0.15) is 8.75 Å². The Labute approximate surface area is 118 Å². The zero-order chi connectivity index (χ0) is 14.4. The van der Waals surface area contributed by atoms with E-state index in [1.165, 1.54) is 0 Å². The number of benzene rings is 1. The van der Waals surface area contributed by atoms with Crippen molar-refractivity contribution >= 4 is 44.8 Å². The molecule has 0 spiro atoms. The standard InChI is InChI=1S/C12H18F2N2SSi2/c1-18(2)6-7-8(13)9(14)12(19(3,4)5)11-10(7)15-17-16-11/h18H,6H2,1-5H3. The van der Waals surface area contributed by atoms with Crippen LogP contribution in [0.2, 0.25) is 32.7 Å². The van der Waals surface area contributed by atoms with Crippen molar-refractivity contribution in [3.05, 3.63) is 17.2 Å². The molecule has 0 N–H and O–H groups in total. The molecule has 1 aromatic carbocycles. The van der Waals surface area contributed by atoms with Gasteiger partial charge in [0.15, 0.2) is 11.6 Å². The van der Waals surface area contributed by atoms with Gasteiger partial charge in [-0.05, 0) is 6.04 Å². The van der Waals surface area contributed by atoms with E-state index in [4.69, 9.17) is 0 Å². The van der Waals surface area contributed by atoms with Crippen LogP contribution in [0.3, 0.4) is 0 Å². The van der Waals surface area contributed by atoms with Gasteiger partial charge in [0.25, 0.3) is 0 Å². The van der Waals surface area contributed by atoms with Crippen molar-refractivity contribution in [2.45, 2.75) is 38.8 Å². The fraction of sp³-hybridized carbons (Fsp3) is 0.500. The molecule has 19 heavy (non-hydrogen) atoms. The number of hydrogen-bond acceptors (Lipinski definition) is 3. The lowest BCUT2D eigenvalue weighted by atomic mass is 10.2. The number of fused-ring (bicyclic) bond motifs is 1. The zero-order valence-electron chi connectivity index (χ0n) is 11.8. The van der Waals surface area contributed by atoms with E-state index in [1.807, 2.05) is 19.6 Å². The lowest BCUT2D eigenvalue weighted by Gasteiger charge is -2.20. The van der Waals surface area contributed by atoms with Crippen LogP contribution in [-0.4, -0.2) is 25.6 Å². The van der Waals surface area contributed by atoms with Crippen molar-refractivity contribution in [1.82, 2.24) is 8.75 Å². The summed E-state index contributed by atoms with van der Waals surface area (Å²) in [6.07, 6.45) is 0. The highest BCUT2D eigenvalue weighted by atomic mass is 32.1. The van der Waals surface area contributed by atoms with Gasteiger partial charge in [-0.1, -0.05) is 32.7 Å². The SMILES string of the molecule is C[SiH](C)Cc1c(F)c(F)c([Si](C)(C)C)c2nsnc12. The van der Waals surface area contributed by atoms with Gasteiger partial charge in [0.2, 0.25) is 0 Å². The first kappa shape index (κ1) is 14.7.